The fourth-order valence-corrected chi connectivity index (χ4v) is 7.28. The van der Waals surface area contributed by atoms with E-state index in [-0.39, 0.29) is 8.80 Å². The van der Waals surface area contributed by atoms with Gasteiger partial charge >= 0.3 is 0 Å². The largest absolute Gasteiger partial charge is 0.497 e. The van der Waals surface area contributed by atoms with E-state index in [1.54, 1.807) is 13.2 Å². The first kappa shape index (κ1) is 17.8. The van der Waals surface area contributed by atoms with Crippen LogP contribution in [0.15, 0.2) is 48.5 Å². The Morgan fingerprint density at radius 2 is 1.48 bits per heavy atom. The number of ether oxygens (including phenoxy) is 1. The molecule has 1 saturated heterocycles. The lowest BCUT2D eigenvalue weighted by Gasteiger charge is -2.27. The molecule has 25 heavy (non-hydrogen) atoms. The molecule has 1 aliphatic heterocycles. The third kappa shape index (κ3) is 5.00. The van der Waals surface area contributed by atoms with Gasteiger partial charge in [0.15, 0.2) is 0 Å². The summed E-state index contributed by atoms with van der Waals surface area (Å²) >= 11 is 0. The smallest absolute Gasteiger partial charge is 0.118 e. The van der Waals surface area contributed by atoms with Crippen LogP contribution in [-0.2, 0) is 0 Å². The molecule has 2 aromatic rings. The van der Waals surface area contributed by atoms with E-state index in [0.717, 1.165) is 22.8 Å². The van der Waals surface area contributed by atoms with E-state index in [1.807, 2.05) is 24.3 Å². The van der Waals surface area contributed by atoms with Crippen molar-refractivity contribution in [2.24, 2.45) is 0 Å². The minimum atomic E-state index is -0.382. The minimum absolute atomic E-state index is 0.382. The van der Waals surface area contributed by atoms with Crippen molar-refractivity contribution in [3.05, 3.63) is 65.2 Å². The summed E-state index contributed by atoms with van der Waals surface area (Å²) in [5, 5.41) is 0. The van der Waals surface area contributed by atoms with Crippen LogP contribution in [0.5, 0.6) is 5.75 Å². The highest BCUT2D eigenvalue weighted by molar-refractivity contribution is 6.59. The van der Waals surface area contributed by atoms with Gasteiger partial charge in [-0.2, -0.15) is 0 Å². The van der Waals surface area contributed by atoms with E-state index in [9.17, 15) is 0 Å². The van der Waals surface area contributed by atoms with Crippen LogP contribution in [0.4, 0.5) is 0 Å². The first-order valence-electron chi connectivity index (χ1n) is 9.54. The molecule has 0 aliphatic carbocycles. The summed E-state index contributed by atoms with van der Waals surface area (Å²) in [5.74, 6) is 8.15. The van der Waals surface area contributed by atoms with E-state index in [1.165, 1.54) is 36.9 Å². The molecule has 1 fully saturated rings. The third-order valence-electron chi connectivity index (χ3n) is 5.37. The highest BCUT2D eigenvalue weighted by atomic mass is 28.3. The normalized spacial score (nSPS) is 19.8. The van der Waals surface area contributed by atoms with Crippen molar-refractivity contribution < 1.29 is 4.74 Å². The summed E-state index contributed by atoms with van der Waals surface area (Å²) in [6.07, 6.45) is 4.21. The second kappa shape index (κ2) is 8.92. The topological polar surface area (TPSA) is 9.23 Å². The van der Waals surface area contributed by atoms with Crippen molar-refractivity contribution in [3.63, 3.8) is 0 Å². The van der Waals surface area contributed by atoms with E-state index in [4.69, 9.17) is 4.74 Å². The van der Waals surface area contributed by atoms with Gasteiger partial charge in [0.1, 0.15) is 5.75 Å². The maximum atomic E-state index is 5.18. The van der Waals surface area contributed by atoms with Crippen molar-refractivity contribution in [1.82, 2.24) is 0 Å². The molecule has 3 rings (SSSR count). The van der Waals surface area contributed by atoms with Crippen LogP contribution in [-0.4, -0.2) is 15.9 Å². The molecule has 1 aliphatic rings. The molecule has 0 amide bonds. The van der Waals surface area contributed by atoms with Gasteiger partial charge in [0, 0.05) is 19.9 Å². The van der Waals surface area contributed by atoms with Crippen molar-refractivity contribution in [1.29, 1.82) is 0 Å². The van der Waals surface area contributed by atoms with Crippen LogP contribution in [0.25, 0.3) is 0 Å². The lowest BCUT2D eigenvalue weighted by Crippen LogP contribution is -2.19. The van der Waals surface area contributed by atoms with Gasteiger partial charge in [0.2, 0.25) is 0 Å². The predicted octanol–water partition coefficient (Wildman–Crippen LogP) is 5.61. The average Bonchev–Trinajstić information content (AvgIpc) is 2.68. The molecule has 2 heteroatoms. The van der Waals surface area contributed by atoms with Gasteiger partial charge in [-0.1, -0.05) is 55.5 Å². The maximum Gasteiger partial charge on any atom is 0.118 e. The number of rotatable bonds is 4. The van der Waals surface area contributed by atoms with Gasteiger partial charge in [-0.15, -0.1) is 0 Å². The summed E-state index contributed by atoms with van der Waals surface area (Å²) in [4.78, 5) is 0. The average molecular weight is 349 g/mol. The summed E-state index contributed by atoms with van der Waals surface area (Å²) in [7, 11) is 1.30. The Morgan fingerprint density at radius 3 is 2.00 bits per heavy atom. The lowest BCUT2D eigenvalue weighted by molar-refractivity contribution is 0.415. The fraction of sp³-hybridized carbons (Fsp3) is 0.391. The van der Waals surface area contributed by atoms with Crippen molar-refractivity contribution >= 4 is 8.80 Å². The summed E-state index contributed by atoms with van der Waals surface area (Å²) in [6, 6.07) is 21.5. The number of hydrogen-bond acceptors (Lipinski definition) is 1. The molecule has 0 radical (unpaired) electrons. The Morgan fingerprint density at radius 1 is 0.920 bits per heavy atom. The maximum absolute atomic E-state index is 5.18. The van der Waals surface area contributed by atoms with Crippen LogP contribution in [0.1, 0.15) is 48.8 Å². The molecular weight excluding hydrogens is 320 g/mol. The highest BCUT2D eigenvalue weighted by Gasteiger charge is 2.22. The SMILES string of the molecule is CCC[SiH]1CCC(c2ccc(C#Cc3ccc(OC)cc3)cc2)CC1. The highest BCUT2D eigenvalue weighted by Crippen LogP contribution is 2.34. The molecule has 1 nitrogen and oxygen atoms in total. The minimum Gasteiger partial charge on any atom is -0.497 e. The number of benzene rings is 2. The Kier molecular flexibility index (Phi) is 6.36. The quantitative estimate of drug-likeness (QED) is 0.515. The molecule has 0 N–H and O–H groups in total. The molecule has 0 saturated carbocycles. The summed E-state index contributed by atoms with van der Waals surface area (Å²) in [5.41, 5.74) is 3.62. The summed E-state index contributed by atoms with van der Waals surface area (Å²) in [6.45, 7) is 2.34. The molecular formula is C23H28OSi. The molecule has 130 valence electrons. The van der Waals surface area contributed by atoms with Crippen LogP contribution >= 0.6 is 0 Å². The van der Waals surface area contributed by atoms with E-state index in [0.29, 0.717) is 0 Å². The van der Waals surface area contributed by atoms with Crippen LogP contribution < -0.4 is 4.74 Å². The van der Waals surface area contributed by atoms with Gasteiger partial charge in [-0.3, -0.25) is 0 Å². The standard InChI is InChI=1S/C23H28OSi/c1-3-16-25-17-14-22(15-18-25)21-10-6-19(7-11-21)4-5-20-8-12-23(24-2)13-9-20/h6-13,22,25H,3,14-18H2,1-2H3. The van der Waals surface area contributed by atoms with E-state index in [2.05, 4.69) is 43.0 Å². The van der Waals surface area contributed by atoms with Gasteiger partial charge < -0.3 is 4.74 Å². The van der Waals surface area contributed by atoms with Gasteiger partial charge in [0.25, 0.3) is 0 Å². The Hall–Kier alpha value is -1.98. The third-order valence-corrected chi connectivity index (χ3v) is 9.06. The summed E-state index contributed by atoms with van der Waals surface area (Å²) < 4.78 is 5.18. The monoisotopic (exact) mass is 348 g/mol. The van der Waals surface area contributed by atoms with E-state index >= 15 is 0 Å². The van der Waals surface area contributed by atoms with Crippen LogP contribution in [0.3, 0.4) is 0 Å². The van der Waals surface area contributed by atoms with Gasteiger partial charge in [0.05, 0.1) is 7.11 Å². The molecule has 1 heterocycles. The molecule has 0 unspecified atom stereocenters. The fourth-order valence-electron chi connectivity index (χ4n) is 3.85. The van der Waals surface area contributed by atoms with Crippen molar-refractivity contribution in [3.8, 4) is 17.6 Å². The number of hydrogen-bond donors (Lipinski definition) is 0. The second-order valence-corrected chi connectivity index (χ2v) is 10.6. The lowest BCUT2D eigenvalue weighted by atomic mass is 9.93. The van der Waals surface area contributed by atoms with E-state index < -0.39 is 0 Å². The molecule has 0 spiro atoms. The molecule has 0 bridgehead atoms. The Bertz CT molecular complexity index is 713. The molecule has 2 aromatic carbocycles. The number of methoxy groups -OCH3 is 1. The predicted molar refractivity (Wildman–Crippen MR) is 109 cm³/mol. The Balaban J connectivity index is 1.60. The first-order valence-corrected chi connectivity index (χ1v) is 12.0. The zero-order chi connectivity index (χ0) is 17.5. The van der Waals surface area contributed by atoms with Crippen molar-refractivity contribution in [2.75, 3.05) is 7.11 Å². The zero-order valence-electron chi connectivity index (χ0n) is 15.4. The Labute approximate surface area is 154 Å². The van der Waals surface area contributed by atoms with Crippen molar-refractivity contribution in [2.45, 2.75) is 50.2 Å². The van der Waals surface area contributed by atoms with Gasteiger partial charge in [-0.05, 0) is 60.7 Å². The first-order chi connectivity index (χ1) is 12.3. The molecule has 0 aromatic heterocycles. The van der Waals surface area contributed by atoms with Crippen LogP contribution in [0, 0.1) is 11.8 Å². The van der Waals surface area contributed by atoms with Gasteiger partial charge in [-0.25, -0.2) is 0 Å². The van der Waals surface area contributed by atoms with Crippen LogP contribution in [0.2, 0.25) is 18.1 Å². The molecule has 0 atom stereocenters. The zero-order valence-corrected chi connectivity index (χ0v) is 16.6. The second-order valence-electron chi connectivity index (χ2n) is 7.11.